The lowest BCUT2D eigenvalue weighted by atomic mass is 10.1. The van der Waals surface area contributed by atoms with Crippen LogP contribution in [0.5, 0.6) is 0 Å². The third-order valence-electron chi connectivity index (χ3n) is 4.35. The Morgan fingerprint density at radius 1 is 1.03 bits per heavy atom. The van der Waals surface area contributed by atoms with Crippen LogP contribution in [0.4, 0.5) is 13.2 Å². The highest BCUT2D eigenvalue weighted by Crippen LogP contribution is 2.29. The lowest BCUT2D eigenvalue weighted by molar-refractivity contribution is -0.137. The van der Waals surface area contributed by atoms with Crippen molar-refractivity contribution in [1.82, 2.24) is 14.1 Å². The van der Waals surface area contributed by atoms with Crippen molar-refractivity contribution in [3.8, 4) is 5.69 Å². The largest absolute Gasteiger partial charge is 0.416 e. The van der Waals surface area contributed by atoms with E-state index in [2.05, 4.69) is 5.10 Å². The Balaban J connectivity index is 1.82. The van der Waals surface area contributed by atoms with Crippen molar-refractivity contribution in [2.45, 2.75) is 17.6 Å². The van der Waals surface area contributed by atoms with Crippen molar-refractivity contribution in [1.29, 1.82) is 0 Å². The topological polar surface area (TPSA) is 72.3 Å². The van der Waals surface area contributed by atoms with Gasteiger partial charge >= 0.3 is 6.18 Å². The molecule has 0 amide bonds. The van der Waals surface area contributed by atoms with Gasteiger partial charge in [0.15, 0.2) is 0 Å². The molecule has 1 heterocycles. The quantitative estimate of drug-likeness (QED) is 0.530. The Morgan fingerprint density at radius 3 is 2.16 bits per heavy atom. The van der Waals surface area contributed by atoms with E-state index >= 15 is 0 Å². The van der Waals surface area contributed by atoms with Crippen molar-refractivity contribution in [2.24, 2.45) is 0 Å². The molecule has 0 aliphatic heterocycles. The SMILES string of the molecule is CN(Cc1ccc(C(F)(F)F)cc1)S(=O)(=O)c1ccc(-n2ncc(Cl)c(Cl)c2=O)cc1. The van der Waals surface area contributed by atoms with Gasteiger partial charge in [0.1, 0.15) is 5.02 Å². The van der Waals surface area contributed by atoms with Gasteiger partial charge in [0.2, 0.25) is 10.0 Å². The number of alkyl halides is 3. The minimum atomic E-state index is -4.47. The molecule has 6 nitrogen and oxygen atoms in total. The average Bonchev–Trinajstić information content (AvgIpc) is 2.72. The number of hydrogen-bond acceptors (Lipinski definition) is 4. The first-order valence-electron chi connectivity index (χ1n) is 8.57. The first-order chi connectivity index (χ1) is 14.4. The van der Waals surface area contributed by atoms with Gasteiger partial charge in [0.05, 0.1) is 27.4 Å². The Hall–Kier alpha value is -2.40. The number of benzene rings is 2. The van der Waals surface area contributed by atoms with E-state index < -0.39 is 27.3 Å². The molecule has 0 saturated carbocycles. The molecule has 31 heavy (non-hydrogen) atoms. The van der Waals surface area contributed by atoms with Crippen molar-refractivity contribution in [2.75, 3.05) is 7.05 Å². The predicted molar refractivity (Wildman–Crippen MR) is 110 cm³/mol. The van der Waals surface area contributed by atoms with Crippen LogP contribution in [0, 0.1) is 0 Å². The van der Waals surface area contributed by atoms with E-state index in [9.17, 15) is 26.4 Å². The molecule has 0 saturated heterocycles. The fraction of sp³-hybridized carbons (Fsp3) is 0.158. The summed E-state index contributed by atoms with van der Waals surface area (Å²) in [4.78, 5) is 12.1. The van der Waals surface area contributed by atoms with E-state index in [1.165, 1.54) is 49.6 Å². The molecule has 0 bridgehead atoms. The zero-order valence-corrected chi connectivity index (χ0v) is 18.1. The number of rotatable bonds is 5. The molecule has 0 N–H and O–H groups in total. The van der Waals surface area contributed by atoms with E-state index in [0.717, 1.165) is 21.1 Å². The molecule has 0 aliphatic carbocycles. The van der Waals surface area contributed by atoms with Crippen LogP contribution in [0.2, 0.25) is 10.0 Å². The van der Waals surface area contributed by atoms with Crippen LogP contribution >= 0.6 is 23.2 Å². The highest BCUT2D eigenvalue weighted by Gasteiger charge is 2.30. The van der Waals surface area contributed by atoms with Gasteiger partial charge in [0, 0.05) is 13.6 Å². The second-order valence-corrected chi connectivity index (χ2v) is 9.30. The van der Waals surface area contributed by atoms with E-state index in [-0.39, 0.29) is 27.2 Å². The second-order valence-electron chi connectivity index (χ2n) is 6.47. The zero-order chi connectivity index (χ0) is 23.0. The van der Waals surface area contributed by atoms with Crippen molar-refractivity contribution < 1.29 is 21.6 Å². The number of halogens is 5. The van der Waals surface area contributed by atoms with Gasteiger partial charge in [-0.25, -0.2) is 8.42 Å². The molecular weight excluding hydrogens is 478 g/mol. The summed E-state index contributed by atoms with van der Waals surface area (Å²) in [5.41, 5.74) is -0.817. The lowest BCUT2D eigenvalue weighted by Gasteiger charge is -2.18. The summed E-state index contributed by atoms with van der Waals surface area (Å²) in [7, 11) is -2.63. The molecule has 3 aromatic rings. The van der Waals surface area contributed by atoms with E-state index in [0.29, 0.717) is 5.56 Å². The molecular formula is C19H14Cl2F3N3O3S. The highest BCUT2D eigenvalue weighted by atomic mass is 35.5. The van der Waals surface area contributed by atoms with Crippen LogP contribution in [0.25, 0.3) is 5.69 Å². The molecule has 0 radical (unpaired) electrons. The summed E-state index contributed by atoms with van der Waals surface area (Å²) in [5, 5.41) is 3.64. The van der Waals surface area contributed by atoms with Crippen LogP contribution in [0.15, 0.2) is 64.4 Å². The monoisotopic (exact) mass is 491 g/mol. The van der Waals surface area contributed by atoms with Gasteiger partial charge < -0.3 is 0 Å². The van der Waals surface area contributed by atoms with Crippen molar-refractivity contribution in [3.05, 3.63) is 86.3 Å². The summed E-state index contributed by atoms with van der Waals surface area (Å²) in [6.45, 7) is -0.129. The first kappa shape index (κ1) is 23.3. The Bertz CT molecular complexity index is 1260. The van der Waals surface area contributed by atoms with Gasteiger partial charge in [-0.1, -0.05) is 35.3 Å². The maximum atomic E-state index is 12.8. The zero-order valence-electron chi connectivity index (χ0n) is 15.8. The molecule has 0 atom stereocenters. The van der Waals surface area contributed by atoms with Crippen LogP contribution in [0.3, 0.4) is 0 Å². The van der Waals surface area contributed by atoms with Gasteiger partial charge in [-0.2, -0.15) is 27.3 Å². The molecule has 0 fully saturated rings. The number of hydrogen-bond donors (Lipinski definition) is 0. The van der Waals surface area contributed by atoms with Crippen LogP contribution in [-0.2, 0) is 22.7 Å². The second kappa shape index (κ2) is 8.62. The summed E-state index contributed by atoms with van der Waals surface area (Å²) in [6.07, 6.45) is -3.28. The van der Waals surface area contributed by atoms with Crippen molar-refractivity contribution >= 4 is 33.2 Å². The van der Waals surface area contributed by atoms with Crippen molar-refractivity contribution in [3.63, 3.8) is 0 Å². The van der Waals surface area contributed by atoms with Gasteiger partial charge in [0.25, 0.3) is 5.56 Å². The van der Waals surface area contributed by atoms with Gasteiger partial charge in [-0.05, 0) is 42.0 Å². The smallest absolute Gasteiger partial charge is 0.266 e. The van der Waals surface area contributed by atoms with Crippen LogP contribution < -0.4 is 5.56 Å². The van der Waals surface area contributed by atoms with E-state index in [1.807, 2.05) is 0 Å². The molecule has 2 aromatic carbocycles. The third kappa shape index (κ3) is 4.93. The Labute approximate surface area is 185 Å². The molecule has 0 spiro atoms. The number of aromatic nitrogens is 2. The number of nitrogens with zero attached hydrogens (tertiary/aromatic N) is 3. The van der Waals surface area contributed by atoms with E-state index in [1.54, 1.807) is 0 Å². The third-order valence-corrected chi connectivity index (χ3v) is 6.92. The standard InChI is InChI=1S/C19H14Cl2F3N3O3S/c1-26(11-12-2-4-13(5-3-12)19(22,23)24)31(29,30)15-8-6-14(7-9-15)27-18(28)17(21)16(20)10-25-27/h2-10H,11H2,1H3. The normalized spacial score (nSPS) is 12.4. The first-order valence-corrected chi connectivity index (χ1v) is 10.8. The maximum absolute atomic E-state index is 12.8. The van der Waals surface area contributed by atoms with Gasteiger partial charge in [-0.3, -0.25) is 4.79 Å². The highest BCUT2D eigenvalue weighted by molar-refractivity contribution is 7.89. The molecule has 164 valence electrons. The minimum absolute atomic E-state index is 0.00740. The molecule has 3 rings (SSSR count). The summed E-state index contributed by atoms with van der Waals surface area (Å²) < 4.78 is 65.6. The molecule has 1 aromatic heterocycles. The fourth-order valence-corrected chi connectivity index (χ4v) is 4.09. The summed E-state index contributed by atoms with van der Waals surface area (Å²) in [6, 6.07) is 9.55. The number of sulfonamides is 1. The molecule has 0 unspecified atom stereocenters. The summed E-state index contributed by atoms with van der Waals surface area (Å²) in [5.74, 6) is 0. The summed E-state index contributed by atoms with van der Waals surface area (Å²) >= 11 is 11.6. The van der Waals surface area contributed by atoms with Gasteiger partial charge in [-0.15, -0.1) is 0 Å². The van der Waals surface area contributed by atoms with Crippen LogP contribution in [-0.4, -0.2) is 29.6 Å². The fourth-order valence-electron chi connectivity index (χ4n) is 2.68. The maximum Gasteiger partial charge on any atom is 0.416 e. The van der Waals surface area contributed by atoms with Crippen LogP contribution in [0.1, 0.15) is 11.1 Å². The minimum Gasteiger partial charge on any atom is -0.266 e. The average molecular weight is 492 g/mol. The Morgan fingerprint density at radius 2 is 1.61 bits per heavy atom. The Kier molecular flexibility index (Phi) is 6.47. The predicted octanol–water partition coefficient (Wildman–Crippen LogP) is 4.38. The van der Waals surface area contributed by atoms with E-state index in [4.69, 9.17) is 23.2 Å². The molecule has 0 aliphatic rings. The lowest BCUT2D eigenvalue weighted by Crippen LogP contribution is -2.26. The molecule has 12 heteroatoms.